The highest BCUT2D eigenvalue weighted by molar-refractivity contribution is 5.66. The maximum absolute atomic E-state index is 5.42. The van der Waals surface area contributed by atoms with Crippen LogP contribution in [0, 0.1) is 6.92 Å². The summed E-state index contributed by atoms with van der Waals surface area (Å²) in [6.07, 6.45) is 1.49. The number of nitrogens with zero attached hydrogens (tertiary/aromatic N) is 2. The number of hydrogen-bond donors (Lipinski definition) is 3. The van der Waals surface area contributed by atoms with Crippen molar-refractivity contribution < 1.29 is 0 Å². The Morgan fingerprint density at radius 3 is 2.47 bits per heavy atom. The minimum atomic E-state index is 0.443. The molecule has 0 aliphatic rings. The zero-order valence-corrected chi connectivity index (χ0v) is 11.4. The lowest BCUT2D eigenvalue weighted by molar-refractivity contribution is 0.868. The molecule has 0 amide bonds. The molecule has 0 radical (unpaired) electrons. The van der Waals surface area contributed by atoms with Crippen molar-refractivity contribution in [3.05, 3.63) is 41.7 Å². The third-order valence-corrected chi connectivity index (χ3v) is 3.06. The van der Waals surface area contributed by atoms with E-state index in [-0.39, 0.29) is 0 Å². The van der Waals surface area contributed by atoms with Gasteiger partial charge in [0, 0.05) is 11.3 Å². The second-order valence-electron chi connectivity index (χ2n) is 4.71. The third kappa shape index (κ3) is 2.82. The first kappa shape index (κ1) is 13.3. The van der Waals surface area contributed by atoms with Gasteiger partial charge in [0.05, 0.1) is 0 Å². The molecule has 0 aliphatic carbocycles. The van der Waals surface area contributed by atoms with Gasteiger partial charge in [-0.3, -0.25) is 0 Å². The van der Waals surface area contributed by atoms with Crippen LogP contribution >= 0.6 is 0 Å². The van der Waals surface area contributed by atoms with E-state index >= 15 is 0 Å². The summed E-state index contributed by atoms with van der Waals surface area (Å²) < 4.78 is 0. The molecule has 5 heteroatoms. The fraction of sp³-hybridized carbons (Fsp3) is 0.286. The Morgan fingerprint density at radius 1 is 1.11 bits per heavy atom. The molecule has 0 spiro atoms. The molecule has 0 bridgehead atoms. The lowest BCUT2D eigenvalue weighted by Gasteiger charge is -2.16. The van der Waals surface area contributed by atoms with Crippen LogP contribution in [0.25, 0.3) is 0 Å². The van der Waals surface area contributed by atoms with E-state index in [0.29, 0.717) is 11.7 Å². The Kier molecular flexibility index (Phi) is 3.97. The highest BCUT2D eigenvalue weighted by Gasteiger charge is 2.10. The summed E-state index contributed by atoms with van der Waals surface area (Å²) in [4.78, 5) is 8.33. The molecule has 5 nitrogen and oxygen atoms in total. The smallest absolute Gasteiger partial charge is 0.148 e. The minimum Gasteiger partial charge on any atom is -0.340 e. The molecule has 0 unspecified atom stereocenters. The topological polar surface area (TPSA) is 75.9 Å². The third-order valence-electron chi connectivity index (χ3n) is 3.06. The van der Waals surface area contributed by atoms with Crippen LogP contribution < -0.4 is 16.6 Å². The van der Waals surface area contributed by atoms with E-state index in [4.69, 9.17) is 5.84 Å². The average Bonchev–Trinajstić information content (AvgIpc) is 2.41. The van der Waals surface area contributed by atoms with Crippen LogP contribution in [0.15, 0.2) is 30.6 Å². The number of nitrogens with one attached hydrogen (secondary N) is 2. The van der Waals surface area contributed by atoms with Gasteiger partial charge in [-0.2, -0.15) is 0 Å². The predicted molar refractivity (Wildman–Crippen MR) is 78.4 cm³/mol. The van der Waals surface area contributed by atoms with Crippen LogP contribution in [0.1, 0.15) is 30.9 Å². The largest absolute Gasteiger partial charge is 0.340 e. The first-order chi connectivity index (χ1) is 9.13. The maximum Gasteiger partial charge on any atom is 0.148 e. The number of nitrogen functional groups attached to an aromatic ring is 1. The van der Waals surface area contributed by atoms with Crippen molar-refractivity contribution in [2.45, 2.75) is 26.7 Å². The number of nitrogens with two attached hydrogens (primary N) is 1. The Balaban J connectivity index is 2.37. The fourth-order valence-electron chi connectivity index (χ4n) is 1.96. The van der Waals surface area contributed by atoms with Gasteiger partial charge in [-0.1, -0.05) is 32.0 Å². The van der Waals surface area contributed by atoms with Gasteiger partial charge in [0.25, 0.3) is 0 Å². The van der Waals surface area contributed by atoms with E-state index in [2.05, 4.69) is 40.6 Å². The summed E-state index contributed by atoms with van der Waals surface area (Å²) in [5.41, 5.74) is 5.77. The van der Waals surface area contributed by atoms with Crippen LogP contribution in [0.5, 0.6) is 0 Å². The molecule has 19 heavy (non-hydrogen) atoms. The highest BCUT2D eigenvalue weighted by Crippen LogP contribution is 2.28. The summed E-state index contributed by atoms with van der Waals surface area (Å²) in [6.45, 7) is 6.26. The molecule has 0 saturated carbocycles. The molecular formula is C14H19N5. The van der Waals surface area contributed by atoms with Crippen LogP contribution in [-0.2, 0) is 0 Å². The maximum atomic E-state index is 5.42. The van der Waals surface area contributed by atoms with Crippen molar-refractivity contribution in [3.8, 4) is 0 Å². The van der Waals surface area contributed by atoms with Crippen LogP contribution in [0.3, 0.4) is 0 Å². The second kappa shape index (κ2) is 5.67. The van der Waals surface area contributed by atoms with Crippen molar-refractivity contribution in [2.75, 3.05) is 10.7 Å². The molecule has 2 rings (SSSR count). The van der Waals surface area contributed by atoms with E-state index in [1.54, 1.807) is 0 Å². The number of hydrogen-bond acceptors (Lipinski definition) is 5. The highest BCUT2D eigenvalue weighted by atomic mass is 15.3. The molecule has 1 heterocycles. The SMILES string of the molecule is Cc1c(NN)ncnc1Nc1ccccc1C(C)C. The van der Waals surface area contributed by atoms with Gasteiger partial charge in [-0.15, -0.1) is 0 Å². The summed E-state index contributed by atoms with van der Waals surface area (Å²) in [7, 11) is 0. The van der Waals surface area contributed by atoms with E-state index < -0.39 is 0 Å². The molecule has 100 valence electrons. The Hall–Kier alpha value is -2.14. The number of aromatic nitrogens is 2. The van der Waals surface area contributed by atoms with Gasteiger partial charge < -0.3 is 10.7 Å². The number of rotatable bonds is 4. The summed E-state index contributed by atoms with van der Waals surface area (Å²) in [6, 6.07) is 8.21. The molecule has 0 atom stereocenters. The summed E-state index contributed by atoms with van der Waals surface area (Å²) >= 11 is 0. The Morgan fingerprint density at radius 2 is 1.79 bits per heavy atom. The standard InChI is InChI=1S/C14H19N5/c1-9(2)11-6-4-5-7-12(11)18-13-10(3)14(19-15)17-8-16-13/h4-9H,15H2,1-3H3,(H2,16,17,18,19). The zero-order chi connectivity index (χ0) is 13.8. The molecule has 0 fully saturated rings. The van der Waals surface area contributed by atoms with E-state index in [0.717, 1.165) is 17.1 Å². The van der Waals surface area contributed by atoms with Crippen molar-refractivity contribution in [2.24, 2.45) is 5.84 Å². The zero-order valence-electron chi connectivity index (χ0n) is 11.4. The Bertz CT molecular complexity index is 566. The number of hydrazine groups is 1. The Labute approximate surface area is 113 Å². The molecule has 1 aromatic heterocycles. The predicted octanol–water partition coefficient (Wildman–Crippen LogP) is 2.94. The molecule has 4 N–H and O–H groups in total. The molecule has 0 aliphatic heterocycles. The fourth-order valence-corrected chi connectivity index (χ4v) is 1.96. The van der Waals surface area contributed by atoms with Crippen molar-refractivity contribution in [1.82, 2.24) is 9.97 Å². The summed E-state index contributed by atoms with van der Waals surface area (Å²) in [5.74, 6) is 7.25. The monoisotopic (exact) mass is 257 g/mol. The van der Waals surface area contributed by atoms with Crippen molar-refractivity contribution in [1.29, 1.82) is 0 Å². The van der Waals surface area contributed by atoms with E-state index in [1.807, 2.05) is 25.1 Å². The van der Waals surface area contributed by atoms with Crippen molar-refractivity contribution in [3.63, 3.8) is 0 Å². The molecule has 0 saturated heterocycles. The average molecular weight is 257 g/mol. The lowest BCUT2D eigenvalue weighted by Crippen LogP contribution is -2.12. The van der Waals surface area contributed by atoms with Gasteiger partial charge >= 0.3 is 0 Å². The summed E-state index contributed by atoms with van der Waals surface area (Å²) in [5, 5.41) is 3.35. The first-order valence-electron chi connectivity index (χ1n) is 6.27. The number of anilines is 3. The second-order valence-corrected chi connectivity index (χ2v) is 4.71. The first-order valence-corrected chi connectivity index (χ1v) is 6.27. The molecule has 1 aromatic carbocycles. The molecular weight excluding hydrogens is 238 g/mol. The molecule has 2 aromatic rings. The van der Waals surface area contributed by atoms with Gasteiger partial charge in [0.2, 0.25) is 0 Å². The van der Waals surface area contributed by atoms with E-state index in [9.17, 15) is 0 Å². The van der Waals surface area contributed by atoms with Crippen LogP contribution in [0.2, 0.25) is 0 Å². The van der Waals surface area contributed by atoms with Gasteiger partial charge in [-0.05, 0) is 24.5 Å². The van der Waals surface area contributed by atoms with Crippen molar-refractivity contribution >= 4 is 17.3 Å². The van der Waals surface area contributed by atoms with Crippen LogP contribution in [-0.4, -0.2) is 9.97 Å². The lowest BCUT2D eigenvalue weighted by atomic mass is 10.0. The quantitative estimate of drug-likeness (QED) is 0.580. The van der Waals surface area contributed by atoms with E-state index in [1.165, 1.54) is 11.9 Å². The number of benzene rings is 1. The minimum absolute atomic E-state index is 0.443. The van der Waals surface area contributed by atoms with Gasteiger partial charge in [-0.25, -0.2) is 15.8 Å². The van der Waals surface area contributed by atoms with Gasteiger partial charge in [0.15, 0.2) is 0 Å². The normalized spacial score (nSPS) is 10.6. The van der Waals surface area contributed by atoms with Crippen LogP contribution in [0.4, 0.5) is 17.3 Å². The number of para-hydroxylation sites is 1. The van der Waals surface area contributed by atoms with Gasteiger partial charge in [0.1, 0.15) is 18.0 Å².